The molecule has 0 spiro atoms. The van der Waals surface area contributed by atoms with Crippen LogP contribution in [-0.4, -0.2) is 49.2 Å². The van der Waals surface area contributed by atoms with Crippen LogP contribution in [0.2, 0.25) is 0 Å². The van der Waals surface area contributed by atoms with Crippen LogP contribution in [0.5, 0.6) is 0 Å². The summed E-state index contributed by atoms with van der Waals surface area (Å²) in [5.41, 5.74) is 5.82. The highest BCUT2D eigenvalue weighted by Gasteiger charge is 2.38. The number of nitrogens with zero attached hydrogens (tertiary/aromatic N) is 2. The lowest BCUT2D eigenvalue weighted by molar-refractivity contribution is 0.180. The molecular weight excluding hydrogens is 262 g/mol. The Balaban J connectivity index is 2.16. The van der Waals surface area contributed by atoms with Crippen molar-refractivity contribution >= 4 is 10.2 Å². The molecule has 0 radical (unpaired) electrons. The molecule has 0 aromatic heterocycles. The zero-order valence-electron chi connectivity index (χ0n) is 11.9. The molecule has 0 aromatic carbocycles. The van der Waals surface area contributed by atoms with Gasteiger partial charge in [0.25, 0.3) is 10.2 Å². The molecule has 2 aliphatic heterocycles. The minimum Gasteiger partial charge on any atom is -0.329 e. The Morgan fingerprint density at radius 3 is 2.26 bits per heavy atom. The Hall–Kier alpha value is -0.170. The number of hydrogen-bond donors (Lipinski definition) is 1. The molecule has 0 amide bonds. The molecule has 2 rings (SSSR count). The maximum absolute atomic E-state index is 12.8. The standard InChI is InChI=1S/C13H27N3O2S/c1-12-7-6-10-16(13(12)11-14)19(17,18)15-8-4-2-3-5-9-15/h12-13H,2-11,14H2,1H3. The van der Waals surface area contributed by atoms with E-state index in [0.717, 1.165) is 38.5 Å². The summed E-state index contributed by atoms with van der Waals surface area (Å²) in [5.74, 6) is 0.362. The normalized spacial score (nSPS) is 32.1. The topological polar surface area (TPSA) is 66.6 Å². The van der Waals surface area contributed by atoms with Crippen molar-refractivity contribution in [2.24, 2.45) is 11.7 Å². The lowest BCUT2D eigenvalue weighted by Gasteiger charge is -2.40. The van der Waals surface area contributed by atoms with Crippen LogP contribution >= 0.6 is 0 Å². The minimum absolute atomic E-state index is 0.0259. The maximum atomic E-state index is 12.8. The molecule has 2 unspecified atom stereocenters. The summed E-state index contributed by atoms with van der Waals surface area (Å²) >= 11 is 0. The van der Waals surface area contributed by atoms with E-state index in [2.05, 4.69) is 6.92 Å². The van der Waals surface area contributed by atoms with Gasteiger partial charge >= 0.3 is 0 Å². The van der Waals surface area contributed by atoms with E-state index < -0.39 is 10.2 Å². The van der Waals surface area contributed by atoms with Crippen molar-refractivity contribution in [2.45, 2.75) is 51.5 Å². The van der Waals surface area contributed by atoms with Gasteiger partial charge in [0.1, 0.15) is 0 Å². The van der Waals surface area contributed by atoms with Gasteiger partial charge in [0, 0.05) is 32.2 Å². The molecule has 2 atom stereocenters. The van der Waals surface area contributed by atoms with E-state index in [9.17, 15) is 8.42 Å². The van der Waals surface area contributed by atoms with Crippen molar-refractivity contribution in [1.82, 2.24) is 8.61 Å². The molecule has 2 heterocycles. The average Bonchev–Trinajstić information content (AvgIpc) is 2.67. The van der Waals surface area contributed by atoms with Gasteiger partial charge in [0.2, 0.25) is 0 Å². The Kier molecular flexibility index (Phi) is 5.22. The highest BCUT2D eigenvalue weighted by Crippen LogP contribution is 2.27. The molecule has 2 aliphatic rings. The predicted molar refractivity (Wildman–Crippen MR) is 76.9 cm³/mol. The van der Waals surface area contributed by atoms with Crippen LogP contribution in [0, 0.1) is 5.92 Å². The number of rotatable bonds is 3. The van der Waals surface area contributed by atoms with Crippen molar-refractivity contribution in [3.63, 3.8) is 0 Å². The first-order chi connectivity index (χ1) is 9.07. The van der Waals surface area contributed by atoms with Crippen LogP contribution in [0.1, 0.15) is 45.4 Å². The lowest BCUT2D eigenvalue weighted by Crippen LogP contribution is -2.55. The molecular formula is C13H27N3O2S. The van der Waals surface area contributed by atoms with E-state index in [1.165, 1.54) is 0 Å². The second kappa shape index (κ2) is 6.52. The number of piperidine rings is 1. The fourth-order valence-corrected chi connectivity index (χ4v) is 5.28. The van der Waals surface area contributed by atoms with E-state index in [1.54, 1.807) is 8.61 Å². The van der Waals surface area contributed by atoms with Gasteiger partial charge in [-0.2, -0.15) is 17.0 Å². The largest absolute Gasteiger partial charge is 0.329 e. The molecule has 112 valence electrons. The van der Waals surface area contributed by atoms with Gasteiger partial charge in [-0.05, 0) is 31.6 Å². The molecule has 0 aliphatic carbocycles. The van der Waals surface area contributed by atoms with Gasteiger partial charge in [-0.3, -0.25) is 0 Å². The third-order valence-electron chi connectivity index (χ3n) is 4.49. The Morgan fingerprint density at radius 1 is 1.05 bits per heavy atom. The summed E-state index contributed by atoms with van der Waals surface area (Å²) in [5, 5.41) is 0. The molecule has 19 heavy (non-hydrogen) atoms. The summed E-state index contributed by atoms with van der Waals surface area (Å²) in [6, 6.07) is -0.0259. The van der Waals surface area contributed by atoms with Crippen LogP contribution in [0.25, 0.3) is 0 Å². The van der Waals surface area contributed by atoms with Crippen LogP contribution < -0.4 is 5.73 Å². The monoisotopic (exact) mass is 289 g/mol. The molecule has 0 saturated carbocycles. The third-order valence-corrected chi connectivity index (χ3v) is 6.56. The van der Waals surface area contributed by atoms with Crippen molar-refractivity contribution < 1.29 is 8.42 Å². The van der Waals surface area contributed by atoms with Gasteiger partial charge < -0.3 is 5.73 Å². The van der Waals surface area contributed by atoms with Crippen LogP contribution in [0.15, 0.2) is 0 Å². The zero-order valence-corrected chi connectivity index (χ0v) is 12.7. The lowest BCUT2D eigenvalue weighted by atomic mass is 9.93. The van der Waals surface area contributed by atoms with Gasteiger partial charge in [0.05, 0.1) is 0 Å². The van der Waals surface area contributed by atoms with Crippen molar-refractivity contribution in [3.8, 4) is 0 Å². The molecule has 0 aromatic rings. The van der Waals surface area contributed by atoms with E-state index in [1.807, 2.05) is 0 Å². The first-order valence-electron chi connectivity index (χ1n) is 7.54. The quantitative estimate of drug-likeness (QED) is 0.848. The summed E-state index contributed by atoms with van der Waals surface area (Å²) in [6.07, 6.45) is 6.27. The van der Waals surface area contributed by atoms with E-state index >= 15 is 0 Å². The fraction of sp³-hybridized carbons (Fsp3) is 1.00. The average molecular weight is 289 g/mol. The van der Waals surface area contributed by atoms with Crippen molar-refractivity contribution in [1.29, 1.82) is 0 Å². The van der Waals surface area contributed by atoms with Crippen molar-refractivity contribution in [2.75, 3.05) is 26.2 Å². The summed E-state index contributed by atoms with van der Waals surface area (Å²) < 4.78 is 29.0. The SMILES string of the molecule is CC1CCCN(S(=O)(=O)N2CCCCCC2)C1CN. The Bertz CT molecular complexity index is 377. The molecule has 2 N–H and O–H groups in total. The minimum atomic E-state index is -3.32. The molecule has 0 bridgehead atoms. The molecule has 2 fully saturated rings. The number of nitrogens with two attached hydrogens (primary N) is 1. The smallest absolute Gasteiger partial charge is 0.282 e. The van der Waals surface area contributed by atoms with Gasteiger partial charge in [-0.25, -0.2) is 0 Å². The summed E-state index contributed by atoms with van der Waals surface area (Å²) in [6.45, 7) is 4.51. The number of hydrogen-bond acceptors (Lipinski definition) is 3. The van der Waals surface area contributed by atoms with Gasteiger partial charge in [0.15, 0.2) is 0 Å². The first kappa shape index (κ1) is 15.2. The van der Waals surface area contributed by atoms with Crippen LogP contribution in [-0.2, 0) is 10.2 Å². The summed E-state index contributed by atoms with van der Waals surface area (Å²) in [7, 11) is -3.32. The second-order valence-corrected chi connectivity index (χ2v) is 7.74. The maximum Gasteiger partial charge on any atom is 0.282 e. The highest BCUT2D eigenvalue weighted by molar-refractivity contribution is 7.86. The van der Waals surface area contributed by atoms with Crippen LogP contribution in [0.4, 0.5) is 0 Å². The Labute approximate surface area is 117 Å². The van der Waals surface area contributed by atoms with E-state index in [-0.39, 0.29) is 6.04 Å². The predicted octanol–water partition coefficient (Wildman–Crippen LogP) is 1.17. The van der Waals surface area contributed by atoms with E-state index in [0.29, 0.717) is 32.1 Å². The second-order valence-electron chi connectivity index (χ2n) is 5.85. The third kappa shape index (κ3) is 3.29. The fourth-order valence-electron chi connectivity index (χ4n) is 3.27. The summed E-state index contributed by atoms with van der Waals surface area (Å²) in [4.78, 5) is 0. The molecule has 2 saturated heterocycles. The van der Waals surface area contributed by atoms with E-state index in [4.69, 9.17) is 5.73 Å². The van der Waals surface area contributed by atoms with Crippen molar-refractivity contribution in [3.05, 3.63) is 0 Å². The first-order valence-corrected chi connectivity index (χ1v) is 8.94. The van der Waals surface area contributed by atoms with Gasteiger partial charge in [-0.15, -0.1) is 0 Å². The highest BCUT2D eigenvalue weighted by atomic mass is 32.2. The van der Waals surface area contributed by atoms with Crippen LogP contribution in [0.3, 0.4) is 0 Å². The Morgan fingerprint density at radius 2 is 1.68 bits per heavy atom. The zero-order chi connectivity index (χ0) is 13.9. The molecule has 6 heteroatoms. The van der Waals surface area contributed by atoms with Gasteiger partial charge in [-0.1, -0.05) is 19.8 Å². The molecule has 5 nitrogen and oxygen atoms in total.